The van der Waals surface area contributed by atoms with Crippen LogP contribution in [-0.2, 0) is 16.1 Å². The van der Waals surface area contributed by atoms with Gasteiger partial charge in [0, 0.05) is 46.0 Å². The fourth-order valence-corrected chi connectivity index (χ4v) is 6.44. The number of hydrogen-bond donors (Lipinski definition) is 0. The average molecular weight is 657 g/mol. The average Bonchev–Trinajstić information content (AvgIpc) is 3.26. The Hall–Kier alpha value is -3.56. The number of aromatic nitrogens is 1. The minimum absolute atomic E-state index is 0.185. The Balaban J connectivity index is 1.61. The molecule has 0 aliphatic carbocycles. The Morgan fingerprint density at radius 1 is 1.05 bits per heavy atom. The van der Waals surface area contributed by atoms with Gasteiger partial charge in [-0.2, -0.15) is 0 Å². The molecule has 43 heavy (non-hydrogen) atoms. The smallest absolute Gasteiger partial charge is 0.338 e. The predicted octanol–water partition coefficient (Wildman–Crippen LogP) is 6.40. The van der Waals surface area contributed by atoms with Crippen molar-refractivity contribution >= 4 is 63.9 Å². The molecule has 1 aromatic heterocycles. The SMILES string of the molecule is CCOC(=O)C1=C(C)N=c2s/c(=C\c3cc(Cl)ccc3OCc3ccc(Cl)cc3Cl)c(=O)n2[C@H]1c1ccc(N(C)C)cc1. The predicted molar refractivity (Wildman–Crippen MR) is 173 cm³/mol. The lowest BCUT2D eigenvalue weighted by Crippen LogP contribution is -2.40. The van der Waals surface area contributed by atoms with Crippen molar-refractivity contribution in [1.82, 2.24) is 4.57 Å². The van der Waals surface area contributed by atoms with Crippen molar-refractivity contribution in [2.75, 3.05) is 25.6 Å². The molecule has 0 saturated heterocycles. The highest BCUT2D eigenvalue weighted by Crippen LogP contribution is 2.32. The maximum Gasteiger partial charge on any atom is 0.338 e. The molecule has 3 aromatic carbocycles. The number of carbonyl (C=O) groups excluding carboxylic acids is 1. The van der Waals surface area contributed by atoms with Crippen LogP contribution in [0.4, 0.5) is 5.69 Å². The first-order valence-corrected chi connectivity index (χ1v) is 15.4. The third kappa shape index (κ3) is 6.53. The number of benzene rings is 3. The lowest BCUT2D eigenvalue weighted by molar-refractivity contribution is -0.139. The van der Waals surface area contributed by atoms with E-state index >= 15 is 0 Å². The van der Waals surface area contributed by atoms with Crippen LogP contribution in [0.1, 0.15) is 36.6 Å². The van der Waals surface area contributed by atoms with Crippen LogP contribution in [0.3, 0.4) is 0 Å². The van der Waals surface area contributed by atoms with Crippen molar-refractivity contribution in [3.05, 3.63) is 123 Å². The summed E-state index contributed by atoms with van der Waals surface area (Å²) in [5, 5.41) is 1.50. The number of thiazole rings is 1. The molecule has 5 rings (SSSR count). The minimum atomic E-state index is -0.712. The molecule has 0 spiro atoms. The largest absolute Gasteiger partial charge is 0.488 e. The zero-order valence-corrected chi connectivity index (χ0v) is 26.9. The van der Waals surface area contributed by atoms with Gasteiger partial charge in [0.1, 0.15) is 12.4 Å². The van der Waals surface area contributed by atoms with Crippen molar-refractivity contribution in [2.45, 2.75) is 26.5 Å². The van der Waals surface area contributed by atoms with E-state index in [9.17, 15) is 9.59 Å². The van der Waals surface area contributed by atoms with Crippen LogP contribution in [0, 0.1) is 0 Å². The van der Waals surface area contributed by atoms with E-state index in [1.165, 1.54) is 11.3 Å². The van der Waals surface area contributed by atoms with Crippen LogP contribution >= 0.6 is 46.1 Å². The van der Waals surface area contributed by atoms with Gasteiger partial charge in [-0.15, -0.1) is 0 Å². The maximum absolute atomic E-state index is 14.1. The number of anilines is 1. The quantitative estimate of drug-likeness (QED) is 0.205. The van der Waals surface area contributed by atoms with Crippen LogP contribution in [0.25, 0.3) is 6.08 Å². The Labute approximate surface area is 267 Å². The van der Waals surface area contributed by atoms with E-state index < -0.39 is 12.0 Å². The Morgan fingerprint density at radius 3 is 2.42 bits per heavy atom. The molecule has 4 aromatic rings. The number of fused-ring (bicyclic) bond motifs is 1. The number of nitrogens with zero attached hydrogens (tertiary/aromatic N) is 3. The molecule has 0 saturated carbocycles. The van der Waals surface area contributed by atoms with Crippen LogP contribution in [0.5, 0.6) is 5.75 Å². The molecule has 1 atom stereocenters. The molecule has 0 bridgehead atoms. The van der Waals surface area contributed by atoms with Crippen LogP contribution in [0.2, 0.25) is 15.1 Å². The Morgan fingerprint density at radius 2 is 1.74 bits per heavy atom. The van der Waals surface area contributed by atoms with Crippen molar-refractivity contribution in [3.63, 3.8) is 0 Å². The lowest BCUT2D eigenvalue weighted by atomic mass is 9.95. The summed E-state index contributed by atoms with van der Waals surface area (Å²) < 4.78 is 13.5. The third-order valence-electron chi connectivity index (χ3n) is 6.90. The number of ether oxygens (including phenoxy) is 2. The van der Waals surface area contributed by atoms with Crippen molar-refractivity contribution in [1.29, 1.82) is 0 Å². The molecule has 1 aliphatic heterocycles. The van der Waals surface area contributed by atoms with E-state index in [1.807, 2.05) is 43.3 Å². The zero-order chi connectivity index (χ0) is 30.8. The van der Waals surface area contributed by atoms with Gasteiger partial charge in [-0.05, 0) is 68.0 Å². The van der Waals surface area contributed by atoms with Gasteiger partial charge >= 0.3 is 5.97 Å². The van der Waals surface area contributed by atoms with Gasteiger partial charge in [0.25, 0.3) is 5.56 Å². The summed E-state index contributed by atoms with van der Waals surface area (Å²) in [4.78, 5) is 34.4. The van der Waals surface area contributed by atoms with Gasteiger partial charge in [-0.1, -0.05) is 64.3 Å². The van der Waals surface area contributed by atoms with E-state index in [1.54, 1.807) is 60.9 Å². The molecule has 0 fully saturated rings. The summed E-state index contributed by atoms with van der Waals surface area (Å²) in [6.07, 6.45) is 1.73. The fourth-order valence-electron chi connectivity index (χ4n) is 4.76. The summed E-state index contributed by atoms with van der Waals surface area (Å²) in [5.41, 5.74) is 3.64. The van der Waals surface area contributed by atoms with Gasteiger partial charge in [0.2, 0.25) is 0 Å². The number of allylic oxidation sites excluding steroid dienone is 1. The summed E-state index contributed by atoms with van der Waals surface area (Å²) in [6, 6.07) is 17.4. The molecule has 11 heteroatoms. The molecule has 0 N–H and O–H groups in total. The van der Waals surface area contributed by atoms with Crippen LogP contribution < -0.4 is 24.5 Å². The van der Waals surface area contributed by atoms with E-state index in [4.69, 9.17) is 44.3 Å². The molecule has 2 heterocycles. The Bertz CT molecular complexity index is 1910. The lowest BCUT2D eigenvalue weighted by Gasteiger charge is -2.25. The zero-order valence-electron chi connectivity index (χ0n) is 23.9. The fraction of sp³-hybridized carbons (Fsp3) is 0.219. The van der Waals surface area contributed by atoms with E-state index in [0.717, 1.165) is 16.8 Å². The van der Waals surface area contributed by atoms with Gasteiger partial charge in [0.05, 0.1) is 28.5 Å². The highest BCUT2D eigenvalue weighted by molar-refractivity contribution is 7.07. The summed E-state index contributed by atoms with van der Waals surface area (Å²) in [5.74, 6) is 0.00609. The first kappa shape index (κ1) is 30.9. The third-order valence-corrected chi connectivity index (χ3v) is 8.70. The molecule has 1 aliphatic rings. The first-order chi connectivity index (χ1) is 20.6. The number of carbonyl (C=O) groups is 1. The van der Waals surface area contributed by atoms with Crippen molar-refractivity contribution in [2.24, 2.45) is 4.99 Å². The molecular weight excluding hydrogens is 629 g/mol. The number of rotatable bonds is 8. The number of esters is 1. The van der Waals surface area contributed by atoms with Crippen molar-refractivity contribution < 1.29 is 14.3 Å². The molecule has 0 amide bonds. The summed E-state index contributed by atoms with van der Waals surface area (Å²) >= 11 is 19.9. The number of hydrogen-bond acceptors (Lipinski definition) is 7. The van der Waals surface area contributed by atoms with Gasteiger partial charge in [-0.3, -0.25) is 9.36 Å². The van der Waals surface area contributed by atoms with Gasteiger partial charge in [-0.25, -0.2) is 9.79 Å². The van der Waals surface area contributed by atoms with Gasteiger partial charge < -0.3 is 14.4 Å². The Kier molecular flexibility index (Phi) is 9.32. The molecule has 0 unspecified atom stereocenters. The minimum Gasteiger partial charge on any atom is -0.488 e. The topological polar surface area (TPSA) is 73.1 Å². The molecule has 7 nitrogen and oxygen atoms in total. The van der Waals surface area contributed by atoms with E-state index in [-0.39, 0.29) is 18.8 Å². The molecular formula is C32H28Cl3N3O4S. The molecule has 0 radical (unpaired) electrons. The summed E-state index contributed by atoms with van der Waals surface area (Å²) in [6.45, 7) is 3.89. The second kappa shape index (κ2) is 13.0. The summed E-state index contributed by atoms with van der Waals surface area (Å²) in [7, 11) is 3.90. The second-order valence-electron chi connectivity index (χ2n) is 9.99. The standard InChI is InChI=1S/C32H28Cl3N3O4S/c1-5-41-31(40)28-18(2)36-32-38(29(28)19-7-11-24(12-8-19)37(3)4)30(39)27(43-32)15-21-14-22(33)10-13-26(21)42-17-20-6-9-23(34)16-25(20)35/h6-16,29H,5,17H2,1-4H3/b27-15-/t29-/m0/s1. The van der Waals surface area contributed by atoms with Crippen molar-refractivity contribution in [3.8, 4) is 5.75 Å². The van der Waals surface area contributed by atoms with Crippen LogP contribution in [-0.4, -0.2) is 31.2 Å². The highest BCUT2D eigenvalue weighted by Gasteiger charge is 2.33. The van der Waals surface area contributed by atoms with E-state index in [0.29, 0.717) is 47.0 Å². The van der Waals surface area contributed by atoms with Gasteiger partial charge in [0.15, 0.2) is 4.80 Å². The molecule has 222 valence electrons. The highest BCUT2D eigenvalue weighted by atomic mass is 35.5. The van der Waals surface area contributed by atoms with Crippen LogP contribution in [0.15, 0.2) is 81.7 Å². The maximum atomic E-state index is 14.1. The normalized spacial score (nSPS) is 14.8. The monoisotopic (exact) mass is 655 g/mol. The first-order valence-electron chi connectivity index (χ1n) is 13.4. The number of halogens is 3. The second-order valence-corrected chi connectivity index (χ2v) is 12.3. The van der Waals surface area contributed by atoms with E-state index in [2.05, 4.69) is 4.99 Å².